The molecule has 20 heavy (non-hydrogen) atoms. The van der Waals surface area contributed by atoms with Crippen LogP contribution in [-0.4, -0.2) is 0 Å². The molecule has 2 heteroatoms. The van der Waals surface area contributed by atoms with Crippen molar-refractivity contribution in [2.75, 3.05) is 0 Å². The molecule has 0 fully saturated rings. The second-order valence-corrected chi connectivity index (χ2v) is 6.35. The maximum Gasteiger partial charge on any atom is 0.120 e. The monoisotopic (exact) mass is 332 g/mol. The molecule has 0 aliphatic rings. The van der Waals surface area contributed by atoms with Crippen LogP contribution in [0.15, 0.2) is 40.9 Å². The standard InChI is InChI=1S/C18H21BrO/c1-12(2)16-7-5-15(6-8-16)11-20-17-9-13(3)18(19)14(4)10-17/h5-10,12H,11H2,1-4H3. The molecule has 0 saturated carbocycles. The van der Waals surface area contributed by atoms with Gasteiger partial charge in [0.15, 0.2) is 0 Å². The maximum atomic E-state index is 5.89. The summed E-state index contributed by atoms with van der Waals surface area (Å²) in [6, 6.07) is 12.8. The van der Waals surface area contributed by atoms with Crippen LogP contribution in [0.2, 0.25) is 0 Å². The Bertz CT molecular complexity index is 562. The normalized spacial score (nSPS) is 10.9. The van der Waals surface area contributed by atoms with Gasteiger partial charge in [-0.25, -0.2) is 0 Å². The molecule has 0 spiro atoms. The molecule has 106 valence electrons. The van der Waals surface area contributed by atoms with Gasteiger partial charge in [0.25, 0.3) is 0 Å². The van der Waals surface area contributed by atoms with Crippen LogP contribution >= 0.6 is 15.9 Å². The molecule has 0 amide bonds. The number of hydrogen-bond acceptors (Lipinski definition) is 1. The highest BCUT2D eigenvalue weighted by molar-refractivity contribution is 9.10. The number of benzene rings is 2. The van der Waals surface area contributed by atoms with E-state index in [1.54, 1.807) is 0 Å². The van der Waals surface area contributed by atoms with Crippen LogP contribution in [0.3, 0.4) is 0 Å². The molecular formula is C18H21BrO. The first-order valence-corrected chi connectivity index (χ1v) is 7.75. The topological polar surface area (TPSA) is 9.23 Å². The fourth-order valence-electron chi connectivity index (χ4n) is 2.15. The van der Waals surface area contributed by atoms with E-state index in [2.05, 4.69) is 80.0 Å². The van der Waals surface area contributed by atoms with E-state index in [0.29, 0.717) is 12.5 Å². The van der Waals surface area contributed by atoms with Crippen molar-refractivity contribution < 1.29 is 4.74 Å². The van der Waals surface area contributed by atoms with E-state index in [4.69, 9.17) is 4.74 Å². The first-order valence-electron chi connectivity index (χ1n) is 6.95. The molecule has 2 aromatic carbocycles. The molecule has 2 rings (SSSR count). The number of halogens is 1. The zero-order chi connectivity index (χ0) is 14.7. The predicted octanol–water partition coefficient (Wildman–Crippen LogP) is 5.77. The van der Waals surface area contributed by atoms with E-state index in [1.807, 2.05) is 0 Å². The Morgan fingerprint density at radius 1 is 1.00 bits per heavy atom. The van der Waals surface area contributed by atoms with Gasteiger partial charge >= 0.3 is 0 Å². The predicted molar refractivity (Wildman–Crippen MR) is 88.5 cm³/mol. The zero-order valence-corrected chi connectivity index (χ0v) is 14.1. The van der Waals surface area contributed by atoms with Gasteiger partial charge in [-0.15, -0.1) is 0 Å². The van der Waals surface area contributed by atoms with Gasteiger partial charge in [0.05, 0.1) is 0 Å². The van der Waals surface area contributed by atoms with Gasteiger partial charge in [0.1, 0.15) is 12.4 Å². The van der Waals surface area contributed by atoms with Crippen molar-refractivity contribution >= 4 is 15.9 Å². The van der Waals surface area contributed by atoms with Gasteiger partial charge < -0.3 is 4.74 Å². The summed E-state index contributed by atoms with van der Waals surface area (Å²) in [5.74, 6) is 1.50. The number of aryl methyl sites for hydroxylation is 2. The van der Waals surface area contributed by atoms with Crippen molar-refractivity contribution in [2.45, 2.75) is 40.2 Å². The summed E-state index contributed by atoms with van der Waals surface area (Å²) in [5, 5.41) is 0. The largest absolute Gasteiger partial charge is 0.489 e. The molecule has 2 aromatic rings. The summed E-state index contributed by atoms with van der Waals surface area (Å²) < 4.78 is 7.05. The van der Waals surface area contributed by atoms with E-state index >= 15 is 0 Å². The van der Waals surface area contributed by atoms with Crippen molar-refractivity contribution in [2.24, 2.45) is 0 Å². The Labute approximate surface area is 130 Å². The second-order valence-electron chi connectivity index (χ2n) is 5.56. The molecule has 0 N–H and O–H groups in total. The summed E-state index contributed by atoms with van der Waals surface area (Å²) in [7, 11) is 0. The molecule has 0 atom stereocenters. The van der Waals surface area contributed by atoms with Gasteiger partial charge in [-0.2, -0.15) is 0 Å². The van der Waals surface area contributed by atoms with E-state index < -0.39 is 0 Å². The SMILES string of the molecule is Cc1cc(OCc2ccc(C(C)C)cc2)cc(C)c1Br. The molecule has 0 radical (unpaired) electrons. The van der Waals surface area contributed by atoms with Crippen LogP contribution in [0.25, 0.3) is 0 Å². The fourth-order valence-corrected chi connectivity index (χ4v) is 2.38. The maximum absolute atomic E-state index is 5.89. The lowest BCUT2D eigenvalue weighted by molar-refractivity contribution is 0.305. The third-order valence-corrected chi connectivity index (χ3v) is 4.71. The van der Waals surface area contributed by atoms with Crippen LogP contribution in [0, 0.1) is 13.8 Å². The third-order valence-electron chi connectivity index (χ3n) is 3.46. The van der Waals surface area contributed by atoms with Crippen LogP contribution in [-0.2, 0) is 6.61 Å². The first-order chi connectivity index (χ1) is 9.47. The number of rotatable bonds is 4. The molecule has 0 aliphatic heterocycles. The number of hydrogen-bond donors (Lipinski definition) is 0. The smallest absolute Gasteiger partial charge is 0.120 e. The summed E-state index contributed by atoms with van der Waals surface area (Å²) in [6.45, 7) is 9.19. The molecule has 0 unspecified atom stereocenters. The van der Waals surface area contributed by atoms with Crippen molar-refractivity contribution in [1.82, 2.24) is 0 Å². The molecule has 0 aliphatic carbocycles. The van der Waals surface area contributed by atoms with Gasteiger partial charge in [0.2, 0.25) is 0 Å². The lowest BCUT2D eigenvalue weighted by Gasteiger charge is -2.11. The fraction of sp³-hybridized carbons (Fsp3) is 0.333. The summed E-state index contributed by atoms with van der Waals surface area (Å²) >= 11 is 3.58. The van der Waals surface area contributed by atoms with Crippen LogP contribution in [0.1, 0.15) is 42.0 Å². The lowest BCUT2D eigenvalue weighted by atomic mass is 10.0. The Kier molecular flexibility index (Phi) is 4.87. The highest BCUT2D eigenvalue weighted by Gasteiger charge is 2.04. The Morgan fingerprint density at radius 3 is 2.05 bits per heavy atom. The minimum atomic E-state index is 0.571. The molecule has 0 bridgehead atoms. The van der Waals surface area contributed by atoms with Crippen LogP contribution < -0.4 is 4.74 Å². The second kappa shape index (κ2) is 6.45. The van der Waals surface area contributed by atoms with Gasteiger partial charge in [-0.1, -0.05) is 54.0 Å². The van der Waals surface area contributed by atoms with E-state index in [-0.39, 0.29) is 0 Å². The molecular weight excluding hydrogens is 312 g/mol. The van der Waals surface area contributed by atoms with Crippen LogP contribution in [0.4, 0.5) is 0 Å². The zero-order valence-electron chi connectivity index (χ0n) is 12.5. The van der Waals surface area contributed by atoms with Gasteiger partial charge in [-0.3, -0.25) is 0 Å². The highest BCUT2D eigenvalue weighted by atomic mass is 79.9. The first kappa shape index (κ1) is 15.1. The Hall–Kier alpha value is -1.28. The lowest BCUT2D eigenvalue weighted by Crippen LogP contribution is -1.97. The quantitative estimate of drug-likeness (QED) is 0.690. The van der Waals surface area contributed by atoms with Gasteiger partial charge in [0, 0.05) is 4.47 Å². The van der Waals surface area contributed by atoms with Crippen molar-refractivity contribution in [3.05, 3.63) is 63.1 Å². The molecule has 0 saturated heterocycles. The van der Waals surface area contributed by atoms with Crippen molar-refractivity contribution in [3.8, 4) is 5.75 Å². The number of ether oxygens (including phenoxy) is 1. The van der Waals surface area contributed by atoms with E-state index in [0.717, 1.165) is 10.2 Å². The van der Waals surface area contributed by atoms with Gasteiger partial charge in [-0.05, 0) is 54.2 Å². The van der Waals surface area contributed by atoms with Crippen molar-refractivity contribution in [1.29, 1.82) is 0 Å². The Balaban J connectivity index is 2.05. The van der Waals surface area contributed by atoms with Crippen LogP contribution in [0.5, 0.6) is 5.75 Å². The summed E-state index contributed by atoms with van der Waals surface area (Å²) in [6.07, 6.45) is 0. The minimum Gasteiger partial charge on any atom is -0.489 e. The average molecular weight is 333 g/mol. The molecule has 0 aromatic heterocycles. The Morgan fingerprint density at radius 2 is 1.55 bits per heavy atom. The van der Waals surface area contributed by atoms with E-state index in [1.165, 1.54) is 22.3 Å². The summed E-state index contributed by atoms with van der Waals surface area (Å²) in [5.41, 5.74) is 4.97. The molecule has 0 heterocycles. The van der Waals surface area contributed by atoms with E-state index in [9.17, 15) is 0 Å². The molecule has 1 nitrogen and oxygen atoms in total. The third kappa shape index (κ3) is 3.63. The van der Waals surface area contributed by atoms with Crippen molar-refractivity contribution in [3.63, 3.8) is 0 Å². The average Bonchev–Trinajstić information content (AvgIpc) is 2.42. The summed E-state index contributed by atoms with van der Waals surface area (Å²) in [4.78, 5) is 0. The highest BCUT2D eigenvalue weighted by Crippen LogP contribution is 2.27. The minimum absolute atomic E-state index is 0.571.